The fraction of sp³-hybridized carbons (Fsp3) is 0.500. The van der Waals surface area contributed by atoms with Gasteiger partial charge < -0.3 is 10.2 Å². The Morgan fingerprint density at radius 1 is 1.62 bits per heavy atom. The van der Waals surface area contributed by atoms with Crippen LogP contribution in [0.1, 0.15) is 0 Å². The number of hydrogen-bond acceptors (Lipinski definition) is 2. The molecule has 0 bridgehead atoms. The molecule has 46 valence electrons. The van der Waals surface area contributed by atoms with E-state index in [-0.39, 0.29) is 0 Å². The molecule has 1 heterocycles. The fourth-order valence-electron chi connectivity index (χ4n) is 0.498. The van der Waals surface area contributed by atoms with Crippen LogP contribution in [0.3, 0.4) is 0 Å². The van der Waals surface area contributed by atoms with Gasteiger partial charge >= 0.3 is 0 Å². The molecule has 0 amide bonds. The van der Waals surface area contributed by atoms with Gasteiger partial charge in [-0.1, -0.05) is 0 Å². The largest absolute Gasteiger partial charge is 0.360 e. The first-order chi connectivity index (χ1) is 3.72. The molecule has 0 aromatic carbocycles. The van der Waals surface area contributed by atoms with E-state index in [2.05, 4.69) is 42.1 Å². The summed E-state index contributed by atoms with van der Waals surface area (Å²) in [6, 6.07) is 0. The Kier molecular flexibility index (Phi) is 1.82. The maximum atomic E-state index is 3.37. The molecule has 0 radical (unpaired) electrons. The molecule has 0 saturated carbocycles. The molecule has 0 atom stereocenters. The van der Waals surface area contributed by atoms with Crippen molar-refractivity contribution in [1.82, 2.24) is 10.2 Å². The monoisotopic (exact) mass is 240 g/mol. The van der Waals surface area contributed by atoms with Gasteiger partial charge in [-0.25, -0.2) is 0 Å². The lowest BCUT2D eigenvalue weighted by atomic mass is 10.9. The van der Waals surface area contributed by atoms with Crippen molar-refractivity contribution in [2.75, 3.05) is 13.7 Å². The van der Waals surface area contributed by atoms with E-state index in [4.69, 9.17) is 0 Å². The molecule has 0 fully saturated rings. The van der Waals surface area contributed by atoms with E-state index >= 15 is 0 Å². The first-order valence-corrected chi connectivity index (χ1v) is 3.80. The third-order valence-electron chi connectivity index (χ3n) is 0.988. The summed E-state index contributed by atoms with van der Waals surface area (Å²) in [5.74, 6) is 0. The van der Waals surface area contributed by atoms with Crippen molar-refractivity contribution in [3.8, 4) is 0 Å². The van der Waals surface area contributed by atoms with Crippen molar-refractivity contribution in [1.29, 1.82) is 0 Å². The van der Waals surface area contributed by atoms with Crippen LogP contribution >= 0.6 is 31.9 Å². The molecule has 0 spiro atoms. The number of halogens is 2. The fourth-order valence-corrected chi connectivity index (χ4v) is 1.19. The smallest absolute Gasteiger partial charge is 0.113 e. The zero-order valence-electron chi connectivity index (χ0n) is 4.41. The number of rotatable bonds is 0. The zero-order valence-corrected chi connectivity index (χ0v) is 7.58. The Labute approximate surface area is 65.2 Å². The van der Waals surface area contributed by atoms with Crippen molar-refractivity contribution in [3.05, 3.63) is 9.21 Å². The van der Waals surface area contributed by atoms with E-state index in [1.165, 1.54) is 0 Å². The van der Waals surface area contributed by atoms with Crippen LogP contribution in [-0.2, 0) is 0 Å². The highest BCUT2D eigenvalue weighted by Gasteiger charge is 2.12. The van der Waals surface area contributed by atoms with Crippen LogP contribution in [0.5, 0.6) is 0 Å². The molecule has 2 nitrogen and oxygen atoms in total. The Hall–Kier alpha value is 0.300. The van der Waals surface area contributed by atoms with Crippen molar-refractivity contribution in [3.63, 3.8) is 0 Å². The van der Waals surface area contributed by atoms with Gasteiger partial charge in [0.05, 0.1) is 6.67 Å². The first-order valence-electron chi connectivity index (χ1n) is 2.22. The first kappa shape index (κ1) is 6.42. The molecule has 0 aromatic heterocycles. The van der Waals surface area contributed by atoms with E-state index in [0.29, 0.717) is 0 Å². The van der Waals surface area contributed by atoms with E-state index in [1.807, 2.05) is 7.05 Å². The third-order valence-corrected chi connectivity index (χ3v) is 3.18. The van der Waals surface area contributed by atoms with Crippen LogP contribution in [0.4, 0.5) is 0 Å². The molecule has 0 aromatic rings. The molecule has 4 heteroatoms. The molecular weight excluding hydrogens is 236 g/mol. The van der Waals surface area contributed by atoms with Gasteiger partial charge in [0.25, 0.3) is 0 Å². The van der Waals surface area contributed by atoms with Crippen molar-refractivity contribution in [2.45, 2.75) is 0 Å². The third kappa shape index (κ3) is 1.00. The number of hydrogen-bond donors (Lipinski definition) is 1. The van der Waals surface area contributed by atoms with Gasteiger partial charge in [0, 0.05) is 7.05 Å². The molecule has 0 aliphatic carbocycles. The summed E-state index contributed by atoms with van der Waals surface area (Å²) in [5.41, 5.74) is 0. The second-order valence-electron chi connectivity index (χ2n) is 1.64. The summed E-state index contributed by atoms with van der Waals surface area (Å²) in [6.45, 7) is 0.876. The highest BCUT2D eigenvalue weighted by molar-refractivity contribution is 9.14. The molecule has 1 aliphatic heterocycles. The average molecular weight is 242 g/mol. The normalized spacial score (nSPS) is 19.6. The quantitative estimate of drug-likeness (QED) is 0.645. The Morgan fingerprint density at radius 2 is 2.25 bits per heavy atom. The van der Waals surface area contributed by atoms with Crippen LogP contribution < -0.4 is 5.32 Å². The standard InChI is InChI=1S/C4H6Br2N2/c1-8-2-7-3(5)4(8)6/h7H,2H2,1H3. The van der Waals surface area contributed by atoms with Gasteiger partial charge in [0.1, 0.15) is 9.21 Å². The minimum atomic E-state index is 0.876. The maximum absolute atomic E-state index is 3.37. The van der Waals surface area contributed by atoms with Gasteiger partial charge in [-0.05, 0) is 31.9 Å². The van der Waals surface area contributed by atoms with E-state index in [9.17, 15) is 0 Å². The minimum absolute atomic E-state index is 0.876. The number of nitrogens with one attached hydrogen (secondary N) is 1. The van der Waals surface area contributed by atoms with Crippen molar-refractivity contribution in [2.24, 2.45) is 0 Å². The number of nitrogens with zero attached hydrogens (tertiary/aromatic N) is 1. The van der Waals surface area contributed by atoms with Gasteiger partial charge in [-0.3, -0.25) is 0 Å². The minimum Gasteiger partial charge on any atom is -0.360 e. The van der Waals surface area contributed by atoms with E-state index < -0.39 is 0 Å². The maximum Gasteiger partial charge on any atom is 0.113 e. The van der Waals surface area contributed by atoms with Crippen molar-refractivity contribution < 1.29 is 0 Å². The summed E-state index contributed by atoms with van der Waals surface area (Å²) in [6.07, 6.45) is 0. The SMILES string of the molecule is CN1CNC(Br)=C1Br. The van der Waals surface area contributed by atoms with Crippen LogP contribution in [0.25, 0.3) is 0 Å². The van der Waals surface area contributed by atoms with Crippen molar-refractivity contribution >= 4 is 31.9 Å². The summed E-state index contributed by atoms with van der Waals surface area (Å²) in [5, 5.41) is 3.09. The predicted molar refractivity (Wildman–Crippen MR) is 40.6 cm³/mol. The summed E-state index contributed by atoms with van der Waals surface area (Å²) in [4.78, 5) is 2.06. The summed E-state index contributed by atoms with van der Waals surface area (Å²) >= 11 is 6.69. The Morgan fingerprint density at radius 3 is 2.38 bits per heavy atom. The van der Waals surface area contributed by atoms with E-state index in [1.54, 1.807) is 0 Å². The van der Waals surface area contributed by atoms with Crippen LogP contribution in [0.2, 0.25) is 0 Å². The van der Waals surface area contributed by atoms with E-state index in [0.717, 1.165) is 15.9 Å². The molecule has 1 N–H and O–H groups in total. The molecule has 8 heavy (non-hydrogen) atoms. The molecular formula is C4H6Br2N2. The lowest BCUT2D eigenvalue weighted by Crippen LogP contribution is -2.16. The summed E-state index contributed by atoms with van der Waals surface area (Å²) < 4.78 is 2.11. The predicted octanol–water partition coefficient (Wildman–Crippen LogP) is 1.40. The lowest BCUT2D eigenvalue weighted by molar-refractivity contribution is 0.467. The van der Waals surface area contributed by atoms with Crippen LogP contribution in [0.15, 0.2) is 9.21 Å². The second-order valence-corrected chi connectivity index (χ2v) is 3.18. The molecule has 1 aliphatic rings. The van der Waals surface area contributed by atoms with Gasteiger partial charge in [0.15, 0.2) is 0 Å². The highest BCUT2D eigenvalue weighted by Crippen LogP contribution is 2.22. The second kappa shape index (κ2) is 2.27. The summed E-state index contributed by atoms with van der Waals surface area (Å²) in [7, 11) is 2.01. The van der Waals surface area contributed by atoms with Crippen LogP contribution in [-0.4, -0.2) is 18.6 Å². The molecule has 0 unspecified atom stereocenters. The topological polar surface area (TPSA) is 15.3 Å². The average Bonchev–Trinajstić information content (AvgIpc) is 1.98. The molecule has 1 rings (SSSR count). The lowest BCUT2D eigenvalue weighted by Gasteiger charge is -2.06. The highest BCUT2D eigenvalue weighted by atomic mass is 79.9. The van der Waals surface area contributed by atoms with Crippen LogP contribution in [0, 0.1) is 0 Å². The Balaban J connectivity index is 2.71. The van der Waals surface area contributed by atoms with Gasteiger partial charge in [-0.15, -0.1) is 0 Å². The molecule has 0 saturated heterocycles. The van der Waals surface area contributed by atoms with Gasteiger partial charge in [0.2, 0.25) is 0 Å². The zero-order chi connectivity index (χ0) is 6.15. The Bertz CT molecular complexity index is 132. The van der Waals surface area contributed by atoms with Gasteiger partial charge in [-0.2, -0.15) is 0 Å².